The van der Waals surface area contributed by atoms with Crippen molar-refractivity contribution in [1.82, 2.24) is 10.1 Å². The van der Waals surface area contributed by atoms with E-state index in [1.807, 2.05) is 0 Å². The Labute approximate surface area is 99.2 Å². The maximum atomic E-state index is 13.1. The topological polar surface area (TPSA) is 59.2 Å². The van der Waals surface area contributed by atoms with E-state index in [0.29, 0.717) is 10.0 Å². The SMILES string of the molecule is C[C@H](O)c1nc(-c2cc(F)cc(Br)c2)no1. The molecule has 0 fully saturated rings. The van der Waals surface area contributed by atoms with Crippen LogP contribution in [0, 0.1) is 5.82 Å². The summed E-state index contributed by atoms with van der Waals surface area (Å²) < 4.78 is 18.5. The minimum atomic E-state index is -0.835. The molecule has 16 heavy (non-hydrogen) atoms. The van der Waals surface area contributed by atoms with Crippen LogP contribution in [-0.2, 0) is 0 Å². The molecule has 0 aliphatic heterocycles. The molecule has 2 rings (SSSR count). The smallest absolute Gasteiger partial charge is 0.255 e. The Balaban J connectivity index is 2.42. The molecule has 1 aromatic carbocycles. The zero-order valence-corrected chi connectivity index (χ0v) is 9.90. The minimum absolute atomic E-state index is 0.107. The van der Waals surface area contributed by atoms with Crippen LogP contribution in [0.5, 0.6) is 0 Å². The molecule has 0 aliphatic carbocycles. The van der Waals surface area contributed by atoms with Gasteiger partial charge in [-0.3, -0.25) is 0 Å². The highest BCUT2D eigenvalue weighted by Crippen LogP contribution is 2.23. The fraction of sp³-hybridized carbons (Fsp3) is 0.200. The highest BCUT2D eigenvalue weighted by Gasteiger charge is 2.13. The van der Waals surface area contributed by atoms with Gasteiger partial charge in [0.25, 0.3) is 5.89 Å². The molecule has 0 aliphatic rings. The van der Waals surface area contributed by atoms with E-state index in [0.717, 1.165) is 0 Å². The van der Waals surface area contributed by atoms with E-state index in [9.17, 15) is 9.50 Å². The van der Waals surface area contributed by atoms with Crippen LogP contribution in [0.4, 0.5) is 4.39 Å². The first-order chi connectivity index (χ1) is 7.56. The third-order valence-corrected chi connectivity index (χ3v) is 2.38. The van der Waals surface area contributed by atoms with Gasteiger partial charge in [-0.2, -0.15) is 4.98 Å². The van der Waals surface area contributed by atoms with Crippen molar-refractivity contribution in [2.75, 3.05) is 0 Å². The molecule has 0 spiro atoms. The Morgan fingerprint density at radius 2 is 2.19 bits per heavy atom. The van der Waals surface area contributed by atoms with Gasteiger partial charge in [-0.05, 0) is 25.1 Å². The number of hydrogen-bond donors (Lipinski definition) is 1. The van der Waals surface area contributed by atoms with Gasteiger partial charge in [0, 0.05) is 10.0 Å². The monoisotopic (exact) mass is 286 g/mol. The number of aliphatic hydroxyl groups is 1. The quantitative estimate of drug-likeness (QED) is 0.922. The van der Waals surface area contributed by atoms with Gasteiger partial charge >= 0.3 is 0 Å². The molecule has 4 nitrogen and oxygen atoms in total. The summed E-state index contributed by atoms with van der Waals surface area (Å²) in [7, 11) is 0. The van der Waals surface area contributed by atoms with Gasteiger partial charge in [-0.25, -0.2) is 4.39 Å². The lowest BCUT2D eigenvalue weighted by Crippen LogP contribution is -1.90. The van der Waals surface area contributed by atoms with Gasteiger partial charge < -0.3 is 9.63 Å². The summed E-state index contributed by atoms with van der Waals surface area (Å²) in [6.07, 6.45) is -0.835. The van der Waals surface area contributed by atoms with Crippen molar-refractivity contribution in [2.45, 2.75) is 13.0 Å². The van der Waals surface area contributed by atoms with E-state index >= 15 is 0 Å². The van der Waals surface area contributed by atoms with Crippen molar-refractivity contribution in [3.63, 3.8) is 0 Å². The average Bonchev–Trinajstić information content (AvgIpc) is 2.64. The molecule has 1 heterocycles. The van der Waals surface area contributed by atoms with E-state index in [1.165, 1.54) is 19.1 Å². The second kappa shape index (κ2) is 4.31. The maximum Gasteiger partial charge on any atom is 0.255 e. The standard InChI is InChI=1S/C10H8BrFN2O2/c1-5(15)10-13-9(14-16-10)6-2-7(11)4-8(12)3-6/h2-5,15H,1H3/t5-/m0/s1. The lowest BCUT2D eigenvalue weighted by molar-refractivity contribution is 0.152. The van der Waals surface area contributed by atoms with Crippen molar-refractivity contribution in [2.24, 2.45) is 0 Å². The molecular weight excluding hydrogens is 279 g/mol. The fourth-order valence-corrected chi connectivity index (χ4v) is 1.67. The molecule has 2 aromatic rings. The second-order valence-corrected chi connectivity index (χ2v) is 4.21. The maximum absolute atomic E-state index is 13.1. The van der Waals surface area contributed by atoms with Gasteiger partial charge in [0.15, 0.2) is 0 Å². The molecule has 1 N–H and O–H groups in total. The summed E-state index contributed by atoms with van der Waals surface area (Å²) in [5, 5.41) is 12.9. The van der Waals surface area contributed by atoms with Crippen LogP contribution in [0.3, 0.4) is 0 Å². The summed E-state index contributed by atoms with van der Waals surface area (Å²) >= 11 is 3.17. The molecule has 0 saturated carbocycles. The number of rotatable bonds is 2. The molecular formula is C10H8BrFN2O2. The minimum Gasteiger partial charge on any atom is -0.384 e. The third-order valence-electron chi connectivity index (χ3n) is 1.92. The van der Waals surface area contributed by atoms with Crippen LogP contribution in [0.2, 0.25) is 0 Å². The molecule has 0 bridgehead atoms. The third kappa shape index (κ3) is 2.28. The Hall–Kier alpha value is -1.27. The van der Waals surface area contributed by atoms with Crippen molar-refractivity contribution >= 4 is 15.9 Å². The Bertz CT molecular complexity index is 493. The van der Waals surface area contributed by atoms with Crippen molar-refractivity contribution in [1.29, 1.82) is 0 Å². The second-order valence-electron chi connectivity index (χ2n) is 3.29. The average molecular weight is 287 g/mol. The predicted octanol–water partition coefficient (Wildman–Crippen LogP) is 2.69. The van der Waals surface area contributed by atoms with E-state index in [1.54, 1.807) is 6.07 Å². The summed E-state index contributed by atoms with van der Waals surface area (Å²) in [6.45, 7) is 1.51. The first kappa shape index (κ1) is 11.2. The van der Waals surface area contributed by atoms with Crippen LogP contribution < -0.4 is 0 Å². The van der Waals surface area contributed by atoms with Gasteiger partial charge in [0.1, 0.15) is 11.9 Å². The van der Waals surface area contributed by atoms with E-state index < -0.39 is 11.9 Å². The van der Waals surface area contributed by atoms with Gasteiger partial charge in [-0.1, -0.05) is 21.1 Å². The lowest BCUT2D eigenvalue weighted by atomic mass is 10.2. The number of aliphatic hydroxyl groups excluding tert-OH is 1. The molecule has 0 saturated heterocycles. The Morgan fingerprint density at radius 3 is 2.75 bits per heavy atom. The normalized spacial score (nSPS) is 12.8. The Kier molecular flexibility index (Phi) is 3.02. The number of benzene rings is 1. The van der Waals surface area contributed by atoms with Crippen molar-refractivity contribution in [3.8, 4) is 11.4 Å². The van der Waals surface area contributed by atoms with Crippen LogP contribution >= 0.6 is 15.9 Å². The zero-order chi connectivity index (χ0) is 11.7. The van der Waals surface area contributed by atoms with Gasteiger partial charge in [-0.15, -0.1) is 0 Å². The first-order valence-electron chi connectivity index (χ1n) is 4.54. The number of halogens is 2. The summed E-state index contributed by atoms with van der Waals surface area (Å²) in [5.41, 5.74) is 0.488. The summed E-state index contributed by atoms with van der Waals surface area (Å²) in [4.78, 5) is 3.95. The largest absolute Gasteiger partial charge is 0.384 e. The molecule has 0 amide bonds. The Morgan fingerprint density at radius 1 is 1.44 bits per heavy atom. The molecule has 6 heteroatoms. The molecule has 1 aromatic heterocycles. The summed E-state index contributed by atoms with van der Waals surface area (Å²) in [5.74, 6) is -0.0424. The molecule has 0 radical (unpaired) electrons. The summed E-state index contributed by atoms with van der Waals surface area (Å²) in [6, 6.07) is 4.29. The molecule has 1 atom stereocenters. The van der Waals surface area contributed by atoms with Crippen LogP contribution in [0.25, 0.3) is 11.4 Å². The predicted molar refractivity (Wildman–Crippen MR) is 58.0 cm³/mol. The van der Waals surface area contributed by atoms with E-state index in [2.05, 4.69) is 26.1 Å². The van der Waals surface area contributed by atoms with E-state index in [-0.39, 0.29) is 11.7 Å². The lowest BCUT2D eigenvalue weighted by Gasteiger charge is -1.96. The molecule has 0 unspecified atom stereocenters. The van der Waals surface area contributed by atoms with Crippen LogP contribution in [0.15, 0.2) is 27.2 Å². The fourth-order valence-electron chi connectivity index (χ4n) is 1.21. The number of aromatic nitrogens is 2. The van der Waals surface area contributed by atoms with Crippen molar-refractivity contribution < 1.29 is 14.0 Å². The van der Waals surface area contributed by atoms with E-state index in [4.69, 9.17) is 4.52 Å². The van der Waals surface area contributed by atoms with Crippen molar-refractivity contribution in [3.05, 3.63) is 34.4 Å². The zero-order valence-electron chi connectivity index (χ0n) is 8.32. The van der Waals surface area contributed by atoms with Gasteiger partial charge in [0.2, 0.25) is 5.82 Å². The van der Waals surface area contributed by atoms with Crippen LogP contribution in [0.1, 0.15) is 18.9 Å². The number of hydrogen-bond acceptors (Lipinski definition) is 4. The van der Waals surface area contributed by atoms with Crippen LogP contribution in [-0.4, -0.2) is 15.2 Å². The first-order valence-corrected chi connectivity index (χ1v) is 5.33. The number of nitrogens with zero attached hydrogens (tertiary/aromatic N) is 2. The molecule has 84 valence electrons. The highest BCUT2D eigenvalue weighted by molar-refractivity contribution is 9.10. The highest BCUT2D eigenvalue weighted by atomic mass is 79.9. The van der Waals surface area contributed by atoms with Gasteiger partial charge in [0.05, 0.1) is 0 Å².